The molecule has 1 aromatic carbocycles. The van der Waals surface area contributed by atoms with Crippen molar-refractivity contribution in [2.45, 2.75) is 84.3 Å². The van der Waals surface area contributed by atoms with Gasteiger partial charge in [0.25, 0.3) is 11.8 Å². The van der Waals surface area contributed by atoms with E-state index in [2.05, 4.69) is 39.8 Å². The lowest BCUT2D eigenvalue weighted by Gasteiger charge is -2.28. The Hall–Kier alpha value is -3.39. The predicted molar refractivity (Wildman–Crippen MR) is 192 cm³/mol. The maximum atomic E-state index is 13.5. The van der Waals surface area contributed by atoms with Crippen LogP contribution in [-0.2, 0) is 16.0 Å². The highest BCUT2D eigenvalue weighted by molar-refractivity contribution is 7.10. The number of amides is 4. The molecule has 1 unspecified atom stereocenters. The van der Waals surface area contributed by atoms with Crippen molar-refractivity contribution in [2.24, 2.45) is 17.6 Å². The van der Waals surface area contributed by atoms with Gasteiger partial charge in [-0.15, -0.1) is 35.1 Å². The molecule has 0 saturated carbocycles. The highest BCUT2D eigenvalue weighted by atomic mass is 35.5. The van der Waals surface area contributed by atoms with Crippen molar-refractivity contribution in [1.29, 1.82) is 0 Å². The van der Waals surface area contributed by atoms with Gasteiger partial charge in [0.05, 0.1) is 18.1 Å². The largest absolute Gasteiger partial charge is 0.351 e. The molecule has 14 heteroatoms. The monoisotopic (exact) mass is 717 g/mol. The third-order valence-electron chi connectivity index (χ3n) is 8.31. The zero-order chi connectivity index (χ0) is 33.9. The summed E-state index contributed by atoms with van der Waals surface area (Å²) in [5.74, 6) is -0.678. The van der Waals surface area contributed by atoms with E-state index >= 15 is 0 Å². The van der Waals surface area contributed by atoms with E-state index in [9.17, 15) is 19.2 Å². The van der Waals surface area contributed by atoms with Crippen LogP contribution in [0.3, 0.4) is 0 Å². The van der Waals surface area contributed by atoms with E-state index in [0.29, 0.717) is 55.3 Å². The molecular weight excluding hydrogens is 670 g/mol. The topological polar surface area (TPSA) is 159 Å². The maximum absolute atomic E-state index is 13.5. The normalized spacial score (nSPS) is 19.6. The van der Waals surface area contributed by atoms with E-state index in [1.54, 1.807) is 15.7 Å². The molecule has 4 rings (SSSR count). The molecule has 4 atom stereocenters. The molecule has 0 spiro atoms. The van der Waals surface area contributed by atoms with E-state index in [0.717, 1.165) is 12.0 Å². The van der Waals surface area contributed by atoms with E-state index in [4.69, 9.17) is 5.73 Å². The first kappa shape index (κ1) is 39.1. The molecular formula is C34H48ClN7O4S2. The standard InChI is InChI=1S/C34H47N7O4S2.ClH/c1-5-22(4)29(35)34(45)41-15-9-13-28(42)37-24(17-21(2)3)32-40-27(20-47-32)31(44)38-25(18-23-11-7-6-8-12-23)33-39-26(19-46-33)30(43)36-14-10-16-41;/h6-8,11-12,19-22,24-25,29H,5,9-10,13-18,35H2,1-4H3,(H,36,43)(H,37,42)(H,38,44);1H/t22-,24?,25-,29-;/m0./s1. The fraction of sp³-hybridized carbons (Fsp3) is 0.529. The molecule has 11 nitrogen and oxygen atoms in total. The Morgan fingerprint density at radius 2 is 1.56 bits per heavy atom. The molecule has 3 heterocycles. The second kappa shape index (κ2) is 19.0. The van der Waals surface area contributed by atoms with Gasteiger partial charge < -0.3 is 26.6 Å². The third-order valence-corrected chi connectivity index (χ3v) is 10.2. The lowest BCUT2D eigenvalue weighted by Crippen LogP contribution is -2.48. The van der Waals surface area contributed by atoms with E-state index in [1.165, 1.54) is 22.7 Å². The van der Waals surface area contributed by atoms with E-state index in [-0.39, 0.29) is 71.7 Å². The van der Waals surface area contributed by atoms with Crippen LogP contribution in [0.1, 0.15) is 108 Å². The fourth-order valence-electron chi connectivity index (χ4n) is 5.38. The second-order valence-electron chi connectivity index (χ2n) is 12.6. The number of aromatic nitrogens is 2. The number of carbonyl (C=O) groups is 4. The molecule has 4 amide bonds. The van der Waals surface area contributed by atoms with Crippen LogP contribution in [0.25, 0.3) is 0 Å². The molecule has 5 N–H and O–H groups in total. The van der Waals surface area contributed by atoms with Gasteiger partial charge in [0, 0.05) is 36.8 Å². The van der Waals surface area contributed by atoms with Crippen LogP contribution < -0.4 is 21.7 Å². The summed E-state index contributed by atoms with van der Waals surface area (Å²) in [5.41, 5.74) is 7.86. The van der Waals surface area contributed by atoms with E-state index in [1.807, 2.05) is 44.2 Å². The van der Waals surface area contributed by atoms with Crippen molar-refractivity contribution in [3.63, 3.8) is 0 Å². The number of nitrogens with zero attached hydrogens (tertiary/aromatic N) is 3. The summed E-state index contributed by atoms with van der Waals surface area (Å²) in [4.78, 5) is 64.1. The average Bonchev–Trinajstić information content (AvgIpc) is 3.75. The Balaban J connectivity index is 0.00000625. The van der Waals surface area contributed by atoms with Gasteiger partial charge in [-0.1, -0.05) is 64.4 Å². The fourth-order valence-corrected chi connectivity index (χ4v) is 7.09. The van der Waals surface area contributed by atoms with Crippen LogP contribution >= 0.6 is 35.1 Å². The summed E-state index contributed by atoms with van der Waals surface area (Å²) in [6.07, 6.45) is 3.11. The number of hydrogen-bond acceptors (Lipinski definition) is 9. The number of benzene rings is 1. The molecule has 262 valence electrons. The zero-order valence-electron chi connectivity index (χ0n) is 28.1. The van der Waals surface area contributed by atoms with Crippen molar-refractivity contribution < 1.29 is 19.2 Å². The molecule has 0 fully saturated rings. The van der Waals surface area contributed by atoms with Crippen LogP contribution in [0.5, 0.6) is 0 Å². The van der Waals surface area contributed by atoms with Gasteiger partial charge in [0.1, 0.15) is 21.4 Å². The Morgan fingerprint density at radius 3 is 2.21 bits per heavy atom. The summed E-state index contributed by atoms with van der Waals surface area (Å²) in [6.45, 7) is 9.22. The molecule has 0 saturated heterocycles. The lowest BCUT2D eigenvalue weighted by molar-refractivity contribution is -0.134. The SMILES string of the molecule is CC[C@H](C)[C@H](N)C(=O)N1CCCNC(=O)c2csc(n2)[C@H](Cc2ccccc2)NC(=O)c2csc(n2)C(CC(C)C)NC(=O)CCC1.Cl. The number of nitrogens with one attached hydrogen (secondary N) is 3. The molecule has 4 bridgehead atoms. The minimum absolute atomic E-state index is 0. The Morgan fingerprint density at radius 1 is 0.938 bits per heavy atom. The first-order chi connectivity index (χ1) is 22.5. The minimum Gasteiger partial charge on any atom is -0.351 e. The molecule has 2 aromatic heterocycles. The first-order valence-electron chi connectivity index (χ1n) is 16.4. The number of nitrogens with two attached hydrogens (primary N) is 1. The molecule has 3 aromatic rings. The number of halogens is 1. The van der Waals surface area contributed by atoms with Gasteiger partial charge in [0.15, 0.2) is 0 Å². The highest BCUT2D eigenvalue weighted by Crippen LogP contribution is 2.27. The van der Waals surface area contributed by atoms with Gasteiger partial charge in [-0.05, 0) is 43.1 Å². The number of carbonyl (C=O) groups excluding carboxylic acids is 4. The van der Waals surface area contributed by atoms with Crippen molar-refractivity contribution in [1.82, 2.24) is 30.8 Å². The Labute approximate surface area is 297 Å². The maximum Gasteiger partial charge on any atom is 0.271 e. The highest BCUT2D eigenvalue weighted by Gasteiger charge is 2.27. The van der Waals surface area contributed by atoms with Gasteiger partial charge in [-0.3, -0.25) is 19.2 Å². The van der Waals surface area contributed by atoms with Crippen LogP contribution in [0.15, 0.2) is 41.1 Å². The smallest absolute Gasteiger partial charge is 0.271 e. The van der Waals surface area contributed by atoms with Crippen LogP contribution in [0.2, 0.25) is 0 Å². The van der Waals surface area contributed by atoms with Crippen LogP contribution in [0.4, 0.5) is 0 Å². The van der Waals surface area contributed by atoms with Gasteiger partial charge >= 0.3 is 0 Å². The number of fused-ring (bicyclic) bond motifs is 4. The van der Waals surface area contributed by atoms with Crippen molar-refractivity contribution in [2.75, 3.05) is 19.6 Å². The Kier molecular flexibility index (Phi) is 15.4. The van der Waals surface area contributed by atoms with Crippen molar-refractivity contribution >= 4 is 58.7 Å². The van der Waals surface area contributed by atoms with Crippen molar-refractivity contribution in [3.8, 4) is 0 Å². The summed E-state index contributed by atoms with van der Waals surface area (Å²) in [7, 11) is 0. The number of rotatable bonds is 7. The summed E-state index contributed by atoms with van der Waals surface area (Å²) in [5, 5.41) is 13.8. The summed E-state index contributed by atoms with van der Waals surface area (Å²) in [6, 6.07) is 8.30. The van der Waals surface area contributed by atoms with Gasteiger partial charge in [0.2, 0.25) is 11.8 Å². The molecule has 0 radical (unpaired) electrons. The Bertz CT molecular complexity index is 1500. The zero-order valence-corrected chi connectivity index (χ0v) is 30.5. The molecule has 0 aliphatic carbocycles. The molecule has 1 aliphatic heterocycles. The van der Waals surface area contributed by atoms with Crippen LogP contribution in [0, 0.1) is 11.8 Å². The summed E-state index contributed by atoms with van der Waals surface area (Å²) >= 11 is 2.65. The first-order valence-corrected chi connectivity index (χ1v) is 18.2. The lowest BCUT2D eigenvalue weighted by atomic mass is 9.98. The molecule has 48 heavy (non-hydrogen) atoms. The minimum atomic E-state index is -0.638. The second-order valence-corrected chi connectivity index (χ2v) is 14.3. The third kappa shape index (κ3) is 11.1. The van der Waals surface area contributed by atoms with Crippen LogP contribution in [-0.4, -0.2) is 64.2 Å². The number of hydrogen-bond donors (Lipinski definition) is 4. The average molecular weight is 718 g/mol. The van der Waals surface area contributed by atoms with Gasteiger partial charge in [-0.2, -0.15) is 0 Å². The number of thiazole rings is 2. The molecule has 1 aliphatic rings. The van der Waals surface area contributed by atoms with Gasteiger partial charge in [-0.25, -0.2) is 9.97 Å². The van der Waals surface area contributed by atoms with E-state index < -0.39 is 12.1 Å². The van der Waals surface area contributed by atoms with Crippen molar-refractivity contribution in [3.05, 3.63) is 68.1 Å². The summed E-state index contributed by atoms with van der Waals surface area (Å²) < 4.78 is 0. The quantitative estimate of drug-likeness (QED) is 0.266. The predicted octanol–water partition coefficient (Wildman–Crippen LogP) is 5.05.